The maximum absolute atomic E-state index is 13.4. The second-order valence-corrected chi connectivity index (χ2v) is 9.82. The second-order valence-electron chi connectivity index (χ2n) is 7.93. The maximum Gasteiger partial charge on any atom is 0.309 e. The van der Waals surface area contributed by atoms with E-state index >= 15 is 0 Å². The van der Waals surface area contributed by atoms with Crippen molar-refractivity contribution in [3.63, 3.8) is 0 Å². The van der Waals surface area contributed by atoms with Gasteiger partial charge in [0.15, 0.2) is 5.13 Å². The lowest BCUT2D eigenvalue weighted by molar-refractivity contribution is -0.140. The van der Waals surface area contributed by atoms with Crippen molar-refractivity contribution in [2.75, 3.05) is 5.32 Å². The third-order valence-corrected chi connectivity index (χ3v) is 7.38. The molecule has 2 aromatic rings. The Kier molecular flexibility index (Phi) is 6.82. The average molecular weight is 460 g/mol. The van der Waals surface area contributed by atoms with Crippen LogP contribution in [-0.4, -0.2) is 32.8 Å². The fraction of sp³-hybridized carbons (Fsp3) is 0.455. The number of allylic oxidation sites excluding steroid dienone is 2. The molecule has 1 aliphatic heterocycles. The molecule has 0 saturated carbocycles. The van der Waals surface area contributed by atoms with Gasteiger partial charge in [-0.05, 0) is 49.1 Å². The van der Waals surface area contributed by atoms with E-state index in [0.717, 1.165) is 36.3 Å². The van der Waals surface area contributed by atoms with Gasteiger partial charge in [-0.3, -0.25) is 14.4 Å². The minimum atomic E-state index is -0.974. The minimum absolute atomic E-state index is 0.160. The highest BCUT2D eigenvalue weighted by Gasteiger charge is 2.39. The first-order valence-corrected chi connectivity index (χ1v) is 12.3. The summed E-state index contributed by atoms with van der Waals surface area (Å²) in [4.78, 5) is 44.5. The number of amides is 2. The molecule has 9 heteroatoms. The smallest absolute Gasteiger partial charge is 0.309 e. The number of thiazole rings is 1. The van der Waals surface area contributed by atoms with Crippen LogP contribution in [0.1, 0.15) is 55.5 Å². The van der Waals surface area contributed by atoms with Gasteiger partial charge < -0.3 is 15.3 Å². The van der Waals surface area contributed by atoms with Gasteiger partial charge in [0, 0.05) is 16.0 Å². The summed E-state index contributed by atoms with van der Waals surface area (Å²) in [5.74, 6) is -2.29. The molecule has 2 N–H and O–H groups in total. The van der Waals surface area contributed by atoms with E-state index in [1.165, 1.54) is 29.8 Å². The molecule has 0 bridgehead atoms. The number of rotatable bonds is 6. The Morgan fingerprint density at radius 1 is 1.19 bits per heavy atom. The monoisotopic (exact) mass is 459 g/mol. The van der Waals surface area contributed by atoms with Crippen molar-refractivity contribution in [3.05, 3.63) is 44.7 Å². The number of aromatic nitrogens is 1. The van der Waals surface area contributed by atoms with Crippen molar-refractivity contribution in [2.45, 2.75) is 57.9 Å². The Morgan fingerprint density at radius 3 is 2.74 bits per heavy atom. The van der Waals surface area contributed by atoms with Gasteiger partial charge in [0.1, 0.15) is 5.92 Å². The standard InChI is InChI=1S/C22H25N3O4S2/c26-19(27)11-15-13-31-22(23-15)24-20(28)17-10-14-6-3-1-2-4-8-18(14)25(21(17)29)12-16-7-5-9-30-16/h5,7,9,13,17H,1-4,6,8,10-12H2,(H,26,27)(H,23,24,28). The van der Waals surface area contributed by atoms with E-state index in [0.29, 0.717) is 23.8 Å². The molecule has 0 saturated heterocycles. The SMILES string of the molecule is O=C(O)Cc1csc(NC(=O)C2CC3=C(CCCCCC3)N(Cc3cccs3)C2=O)n1. The normalized spacial score (nSPS) is 19.5. The van der Waals surface area contributed by atoms with Gasteiger partial charge in [-0.1, -0.05) is 18.9 Å². The van der Waals surface area contributed by atoms with E-state index in [2.05, 4.69) is 10.3 Å². The molecule has 4 rings (SSSR count). The predicted octanol–water partition coefficient (Wildman–Crippen LogP) is 4.43. The average Bonchev–Trinajstić information content (AvgIpc) is 3.36. The third-order valence-electron chi connectivity index (χ3n) is 5.72. The molecular weight excluding hydrogens is 434 g/mol. The lowest BCUT2D eigenvalue weighted by atomic mass is 9.85. The van der Waals surface area contributed by atoms with Crippen molar-refractivity contribution < 1.29 is 19.5 Å². The van der Waals surface area contributed by atoms with Crippen molar-refractivity contribution >= 4 is 45.6 Å². The number of nitrogens with zero attached hydrogens (tertiary/aromatic N) is 2. The second kappa shape index (κ2) is 9.74. The lowest BCUT2D eigenvalue weighted by Crippen LogP contribution is -2.44. The Morgan fingerprint density at radius 2 is 2.00 bits per heavy atom. The molecule has 0 aromatic carbocycles. The van der Waals surface area contributed by atoms with Crippen LogP contribution < -0.4 is 5.32 Å². The highest BCUT2D eigenvalue weighted by molar-refractivity contribution is 7.14. The molecule has 0 fully saturated rings. The van der Waals surface area contributed by atoms with Crippen LogP contribution in [0.25, 0.3) is 0 Å². The summed E-state index contributed by atoms with van der Waals surface area (Å²) in [6, 6.07) is 3.99. The topological polar surface area (TPSA) is 99.6 Å². The summed E-state index contributed by atoms with van der Waals surface area (Å²) in [6.07, 6.45) is 6.56. The number of aliphatic carboxylic acids is 1. The third kappa shape index (κ3) is 5.22. The Hall–Kier alpha value is -2.52. The molecule has 2 amide bonds. The summed E-state index contributed by atoms with van der Waals surface area (Å²) in [6.45, 7) is 0.499. The molecule has 0 spiro atoms. The number of carboxylic acid groups (broad SMARTS) is 1. The Bertz CT molecular complexity index is 996. The van der Waals surface area contributed by atoms with Gasteiger partial charge in [0.05, 0.1) is 18.7 Å². The zero-order valence-electron chi connectivity index (χ0n) is 17.1. The zero-order chi connectivity index (χ0) is 21.8. The highest BCUT2D eigenvalue weighted by atomic mass is 32.1. The first-order chi connectivity index (χ1) is 15.0. The lowest BCUT2D eigenvalue weighted by Gasteiger charge is -2.36. The summed E-state index contributed by atoms with van der Waals surface area (Å²) in [5.41, 5.74) is 2.73. The fourth-order valence-corrected chi connectivity index (χ4v) is 5.64. The quantitative estimate of drug-likeness (QED) is 0.623. The van der Waals surface area contributed by atoms with E-state index in [1.54, 1.807) is 16.7 Å². The first kappa shape index (κ1) is 21.7. The summed E-state index contributed by atoms with van der Waals surface area (Å²) in [7, 11) is 0. The van der Waals surface area contributed by atoms with Gasteiger partial charge in [0.25, 0.3) is 0 Å². The van der Waals surface area contributed by atoms with Gasteiger partial charge in [-0.15, -0.1) is 22.7 Å². The summed E-state index contributed by atoms with van der Waals surface area (Å²) >= 11 is 2.79. The van der Waals surface area contributed by atoms with Crippen LogP contribution in [0.3, 0.4) is 0 Å². The number of thiophene rings is 1. The first-order valence-electron chi connectivity index (χ1n) is 10.5. The van der Waals surface area contributed by atoms with Crippen LogP contribution in [0.4, 0.5) is 5.13 Å². The van der Waals surface area contributed by atoms with Crippen LogP contribution in [0, 0.1) is 5.92 Å². The molecule has 1 aliphatic carbocycles. The molecule has 7 nitrogen and oxygen atoms in total. The molecule has 1 atom stereocenters. The molecule has 3 heterocycles. The maximum atomic E-state index is 13.4. The van der Waals surface area contributed by atoms with Crippen molar-refractivity contribution in [1.29, 1.82) is 0 Å². The van der Waals surface area contributed by atoms with Crippen molar-refractivity contribution in [3.8, 4) is 0 Å². The van der Waals surface area contributed by atoms with E-state index in [9.17, 15) is 14.4 Å². The van der Waals surface area contributed by atoms with Gasteiger partial charge in [0.2, 0.25) is 11.8 Å². The number of anilines is 1. The van der Waals surface area contributed by atoms with E-state index in [4.69, 9.17) is 5.11 Å². The number of carbonyl (C=O) groups is 3. The molecular formula is C22H25N3O4S2. The highest BCUT2D eigenvalue weighted by Crippen LogP contribution is 2.37. The van der Waals surface area contributed by atoms with Crippen LogP contribution in [0.2, 0.25) is 0 Å². The fourth-order valence-electron chi connectivity index (χ4n) is 4.24. The molecule has 164 valence electrons. The van der Waals surface area contributed by atoms with Crippen LogP contribution in [0.5, 0.6) is 0 Å². The van der Waals surface area contributed by atoms with E-state index in [1.807, 2.05) is 22.4 Å². The van der Waals surface area contributed by atoms with Crippen LogP contribution >= 0.6 is 22.7 Å². The molecule has 1 unspecified atom stereocenters. The van der Waals surface area contributed by atoms with Crippen LogP contribution in [-0.2, 0) is 27.3 Å². The molecule has 31 heavy (non-hydrogen) atoms. The summed E-state index contributed by atoms with van der Waals surface area (Å²) < 4.78 is 0. The zero-order valence-corrected chi connectivity index (χ0v) is 18.8. The molecule has 2 aromatic heterocycles. The number of carboxylic acids is 1. The Labute approximate surface area is 188 Å². The number of hydrogen-bond donors (Lipinski definition) is 2. The van der Waals surface area contributed by atoms with Gasteiger partial charge in [-0.2, -0.15) is 0 Å². The predicted molar refractivity (Wildman–Crippen MR) is 120 cm³/mol. The summed E-state index contributed by atoms with van der Waals surface area (Å²) in [5, 5.41) is 15.6. The molecule has 2 aliphatic rings. The number of carbonyl (C=O) groups excluding carboxylic acids is 2. The van der Waals surface area contributed by atoms with E-state index in [-0.39, 0.29) is 18.2 Å². The van der Waals surface area contributed by atoms with Gasteiger partial charge in [-0.25, -0.2) is 4.98 Å². The largest absolute Gasteiger partial charge is 0.481 e. The number of hydrogen-bond acceptors (Lipinski definition) is 6. The van der Waals surface area contributed by atoms with Crippen molar-refractivity contribution in [2.24, 2.45) is 5.92 Å². The van der Waals surface area contributed by atoms with Crippen LogP contribution in [0.15, 0.2) is 34.2 Å². The van der Waals surface area contributed by atoms with Crippen molar-refractivity contribution in [1.82, 2.24) is 9.88 Å². The Balaban J connectivity index is 1.55. The number of nitrogens with one attached hydrogen (secondary N) is 1. The minimum Gasteiger partial charge on any atom is -0.481 e. The van der Waals surface area contributed by atoms with E-state index < -0.39 is 11.9 Å². The molecule has 0 radical (unpaired) electrons. The van der Waals surface area contributed by atoms with Gasteiger partial charge >= 0.3 is 5.97 Å².